The average Bonchev–Trinajstić information content (AvgIpc) is 2.28. The van der Waals surface area contributed by atoms with Crippen molar-refractivity contribution in [1.29, 1.82) is 0 Å². The number of esters is 1. The summed E-state index contributed by atoms with van der Waals surface area (Å²) in [5, 5.41) is 10.7. The van der Waals surface area contributed by atoms with Gasteiger partial charge in [-0.2, -0.15) is 0 Å². The Morgan fingerprint density at radius 3 is 2.67 bits per heavy atom. The van der Waals surface area contributed by atoms with Crippen molar-refractivity contribution in [3.63, 3.8) is 0 Å². The van der Waals surface area contributed by atoms with E-state index in [2.05, 4.69) is 0 Å². The van der Waals surface area contributed by atoms with Crippen LogP contribution in [0.15, 0.2) is 18.2 Å². The number of carbonyl (C=O) groups excluding carboxylic acids is 1. The van der Waals surface area contributed by atoms with Gasteiger partial charge in [0.25, 0.3) is 5.69 Å². The standard InChI is InChI=1S/C12H16N2O4/c1-4-18-12(15)8-13(3)10-5-6-11(14(16)17)9(2)7-10/h5-7H,4,8H2,1-3H3. The van der Waals surface area contributed by atoms with Crippen LogP contribution < -0.4 is 4.90 Å². The van der Waals surface area contributed by atoms with Crippen LogP contribution in [0.2, 0.25) is 0 Å². The van der Waals surface area contributed by atoms with Gasteiger partial charge in [0, 0.05) is 24.4 Å². The molecule has 0 spiro atoms. The van der Waals surface area contributed by atoms with Gasteiger partial charge in [0.15, 0.2) is 0 Å². The highest BCUT2D eigenvalue weighted by atomic mass is 16.6. The molecule has 1 rings (SSSR count). The molecule has 0 atom stereocenters. The molecule has 6 nitrogen and oxygen atoms in total. The summed E-state index contributed by atoms with van der Waals surface area (Å²) in [7, 11) is 1.73. The molecular formula is C12H16N2O4. The van der Waals surface area contributed by atoms with Crippen molar-refractivity contribution in [2.45, 2.75) is 13.8 Å². The first kappa shape index (κ1) is 14.0. The lowest BCUT2D eigenvalue weighted by molar-refractivity contribution is -0.385. The van der Waals surface area contributed by atoms with Gasteiger partial charge in [0.1, 0.15) is 6.54 Å². The molecule has 0 N–H and O–H groups in total. The van der Waals surface area contributed by atoms with Crippen LogP contribution in [-0.2, 0) is 9.53 Å². The molecule has 1 aromatic rings. The first-order chi connectivity index (χ1) is 8.45. The maximum atomic E-state index is 11.3. The van der Waals surface area contributed by atoms with Gasteiger partial charge in [-0.05, 0) is 26.0 Å². The van der Waals surface area contributed by atoms with Gasteiger partial charge in [0.05, 0.1) is 11.5 Å². The summed E-state index contributed by atoms with van der Waals surface area (Å²) >= 11 is 0. The molecule has 0 radical (unpaired) electrons. The first-order valence-corrected chi connectivity index (χ1v) is 5.57. The Kier molecular flexibility index (Phi) is 4.65. The van der Waals surface area contributed by atoms with Crippen LogP contribution in [0.4, 0.5) is 11.4 Å². The summed E-state index contributed by atoms with van der Waals surface area (Å²) < 4.78 is 4.84. The van der Waals surface area contributed by atoms with Gasteiger partial charge >= 0.3 is 5.97 Å². The number of benzene rings is 1. The summed E-state index contributed by atoms with van der Waals surface area (Å²) in [6.45, 7) is 3.87. The fraction of sp³-hybridized carbons (Fsp3) is 0.417. The molecule has 18 heavy (non-hydrogen) atoms. The number of ether oxygens (including phenoxy) is 1. The minimum absolute atomic E-state index is 0.0725. The van der Waals surface area contributed by atoms with Crippen molar-refractivity contribution in [2.75, 3.05) is 25.1 Å². The lowest BCUT2D eigenvalue weighted by Crippen LogP contribution is -2.27. The lowest BCUT2D eigenvalue weighted by atomic mass is 10.1. The summed E-state index contributed by atoms with van der Waals surface area (Å²) in [5.74, 6) is -0.323. The Morgan fingerprint density at radius 2 is 2.17 bits per heavy atom. The van der Waals surface area contributed by atoms with Crippen LogP contribution >= 0.6 is 0 Å². The monoisotopic (exact) mass is 252 g/mol. The molecule has 0 aliphatic heterocycles. The number of nitrogens with zero attached hydrogens (tertiary/aromatic N) is 2. The number of hydrogen-bond donors (Lipinski definition) is 0. The normalized spacial score (nSPS) is 9.94. The third-order valence-electron chi connectivity index (χ3n) is 2.49. The molecule has 98 valence electrons. The Bertz CT molecular complexity index is 459. The summed E-state index contributed by atoms with van der Waals surface area (Å²) in [6, 6.07) is 4.73. The molecule has 6 heteroatoms. The van der Waals surface area contributed by atoms with Crippen molar-refractivity contribution in [3.8, 4) is 0 Å². The van der Waals surface area contributed by atoms with Crippen molar-refractivity contribution in [3.05, 3.63) is 33.9 Å². The number of carbonyl (C=O) groups is 1. The summed E-state index contributed by atoms with van der Waals surface area (Å²) in [6.07, 6.45) is 0. The number of rotatable bonds is 5. The van der Waals surface area contributed by atoms with E-state index in [0.717, 1.165) is 5.69 Å². The zero-order chi connectivity index (χ0) is 13.7. The zero-order valence-electron chi connectivity index (χ0n) is 10.7. The molecule has 0 saturated heterocycles. The molecule has 0 fully saturated rings. The van der Waals surface area contributed by atoms with Gasteiger partial charge < -0.3 is 9.64 Å². The fourth-order valence-electron chi connectivity index (χ4n) is 1.57. The molecule has 0 amide bonds. The first-order valence-electron chi connectivity index (χ1n) is 5.57. The lowest BCUT2D eigenvalue weighted by Gasteiger charge is -2.18. The van der Waals surface area contributed by atoms with E-state index in [9.17, 15) is 14.9 Å². The topological polar surface area (TPSA) is 72.7 Å². The minimum Gasteiger partial charge on any atom is -0.465 e. The Hall–Kier alpha value is -2.11. The van der Waals surface area contributed by atoms with Gasteiger partial charge in [-0.25, -0.2) is 0 Å². The van der Waals surface area contributed by atoms with Crippen LogP contribution in [0, 0.1) is 17.0 Å². The SMILES string of the molecule is CCOC(=O)CN(C)c1ccc([N+](=O)[O-])c(C)c1. The maximum Gasteiger partial charge on any atom is 0.325 e. The van der Waals surface area contributed by atoms with E-state index >= 15 is 0 Å². The average molecular weight is 252 g/mol. The highest BCUT2D eigenvalue weighted by Crippen LogP contribution is 2.23. The second-order valence-electron chi connectivity index (χ2n) is 3.89. The fourth-order valence-corrected chi connectivity index (χ4v) is 1.57. The van der Waals surface area contributed by atoms with E-state index < -0.39 is 4.92 Å². The number of nitro groups is 1. The molecule has 0 aliphatic carbocycles. The minimum atomic E-state index is -0.426. The molecule has 0 bridgehead atoms. The van der Waals surface area contributed by atoms with E-state index in [0.29, 0.717) is 12.2 Å². The van der Waals surface area contributed by atoms with Crippen LogP contribution in [0.5, 0.6) is 0 Å². The predicted octanol–water partition coefficient (Wildman–Crippen LogP) is 1.90. The zero-order valence-corrected chi connectivity index (χ0v) is 10.7. The van der Waals surface area contributed by atoms with Crippen LogP contribution in [0.25, 0.3) is 0 Å². The number of anilines is 1. The van der Waals surface area contributed by atoms with Gasteiger partial charge in [-0.3, -0.25) is 14.9 Å². The number of likely N-dealkylation sites (N-methyl/N-ethyl adjacent to an activating group) is 1. The van der Waals surface area contributed by atoms with E-state index in [1.807, 2.05) is 0 Å². The molecule has 1 aromatic carbocycles. The van der Waals surface area contributed by atoms with Gasteiger partial charge in [0.2, 0.25) is 0 Å². The number of nitro benzene ring substituents is 1. The molecule has 0 aliphatic rings. The highest BCUT2D eigenvalue weighted by Gasteiger charge is 2.13. The molecule has 0 heterocycles. The van der Waals surface area contributed by atoms with Gasteiger partial charge in [-0.1, -0.05) is 0 Å². The van der Waals surface area contributed by atoms with Crippen LogP contribution in [-0.4, -0.2) is 31.1 Å². The van der Waals surface area contributed by atoms with Crippen molar-refractivity contribution < 1.29 is 14.5 Å². The Balaban J connectivity index is 2.81. The highest BCUT2D eigenvalue weighted by molar-refractivity contribution is 5.75. The van der Waals surface area contributed by atoms with Crippen molar-refractivity contribution in [2.24, 2.45) is 0 Å². The molecule has 0 aromatic heterocycles. The Labute approximate surface area is 105 Å². The largest absolute Gasteiger partial charge is 0.465 e. The second kappa shape index (κ2) is 6.00. The predicted molar refractivity (Wildman–Crippen MR) is 67.7 cm³/mol. The third-order valence-corrected chi connectivity index (χ3v) is 2.49. The smallest absolute Gasteiger partial charge is 0.325 e. The second-order valence-corrected chi connectivity index (χ2v) is 3.89. The Morgan fingerprint density at radius 1 is 1.50 bits per heavy atom. The maximum absolute atomic E-state index is 11.3. The van der Waals surface area contributed by atoms with Crippen molar-refractivity contribution >= 4 is 17.3 Å². The van der Waals surface area contributed by atoms with Crippen LogP contribution in [0.1, 0.15) is 12.5 Å². The summed E-state index contributed by atoms with van der Waals surface area (Å²) in [4.78, 5) is 23.3. The van der Waals surface area contributed by atoms with E-state index in [1.165, 1.54) is 6.07 Å². The van der Waals surface area contributed by atoms with Gasteiger partial charge in [-0.15, -0.1) is 0 Å². The molecule has 0 unspecified atom stereocenters. The molecule has 0 saturated carbocycles. The summed E-state index contributed by atoms with van der Waals surface area (Å²) in [5.41, 5.74) is 1.38. The molecular weight excluding hydrogens is 236 g/mol. The number of aryl methyl sites for hydroxylation is 1. The van der Waals surface area contributed by atoms with E-state index in [-0.39, 0.29) is 18.2 Å². The van der Waals surface area contributed by atoms with E-state index in [4.69, 9.17) is 4.74 Å². The van der Waals surface area contributed by atoms with Crippen molar-refractivity contribution in [1.82, 2.24) is 0 Å². The third kappa shape index (κ3) is 3.44. The van der Waals surface area contributed by atoms with E-state index in [1.54, 1.807) is 37.9 Å². The number of hydrogen-bond acceptors (Lipinski definition) is 5. The quantitative estimate of drug-likeness (QED) is 0.454. The van der Waals surface area contributed by atoms with Crippen LogP contribution in [0.3, 0.4) is 0 Å².